The van der Waals surface area contributed by atoms with Crippen LogP contribution in [0.3, 0.4) is 0 Å². The summed E-state index contributed by atoms with van der Waals surface area (Å²) in [5.74, 6) is 0.498. The van der Waals surface area contributed by atoms with Crippen LogP contribution in [0.25, 0.3) is 82.8 Å². The Morgan fingerprint density at radius 2 is 1.00 bits per heavy atom. The zero-order valence-corrected chi connectivity index (χ0v) is 35.1. The molecule has 1 unspecified atom stereocenters. The topological polar surface area (TPSA) is 8.17 Å². The van der Waals surface area contributed by atoms with Crippen molar-refractivity contribution in [3.05, 3.63) is 242 Å². The third kappa shape index (κ3) is 6.34. The SMILES string of the molecule is CC1Cc2cc(-c3ccc(N(c4ccc(-c5ccccc5)cc4)c4cccc(-c5cccc6c5c5c7ccccc7ccc5n6-c5ccccc5)c4)cc3)ccc2-c2ccccc21. The normalized spacial score (nSPS) is 13.3. The van der Waals surface area contributed by atoms with E-state index in [1.807, 2.05) is 0 Å². The van der Waals surface area contributed by atoms with Gasteiger partial charge in [-0.15, -0.1) is 0 Å². The van der Waals surface area contributed by atoms with Gasteiger partial charge in [0.15, 0.2) is 0 Å². The fourth-order valence-corrected chi connectivity index (χ4v) is 10.2. The summed E-state index contributed by atoms with van der Waals surface area (Å²) in [6.07, 6.45) is 1.05. The monoisotopic (exact) mass is 804 g/mol. The highest BCUT2D eigenvalue weighted by molar-refractivity contribution is 6.25. The van der Waals surface area contributed by atoms with Gasteiger partial charge in [-0.2, -0.15) is 0 Å². The number of anilines is 3. The maximum atomic E-state index is 2.43. The van der Waals surface area contributed by atoms with Crippen molar-refractivity contribution in [2.75, 3.05) is 4.90 Å². The summed E-state index contributed by atoms with van der Waals surface area (Å²) in [5.41, 5.74) is 19.7. The number of fused-ring (bicyclic) bond motifs is 8. The highest BCUT2D eigenvalue weighted by atomic mass is 15.1. The molecule has 0 saturated heterocycles. The Balaban J connectivity index is 0.994. The minimum atomic E-state index is 0.498. The van der Waals surface area contributed by atoms with E-state index in [2.05, 4.69) is 247 Å². The molecule has 11 aromatic rings. The lowest BCUT2D eigenvalue weighted by Gasteiger charge is -2.27. The predicted molar refractivity (Wildman–Crippen MR) is 267 cm³/mol. The van der Waals surface area contributed by atoms with E-state index in [4.69, 9.17) is 0 Å². The first-order valence-corrected chi connectivity index (χ1v) is 22.1. The molecule has 2 heteroatoms. The van der Waals surface area contributed by atoms with Gasteiger partial charge in [0.1, 0.15) is 0 Å². The second-order valence-electron chi connectivity index (χ2n) is 17.0. The van der Waals surface area contributed by atoms with E-state index in [0.717, 1.165) is 29.2 Å². The van der Waals surface area contributed by atoms with Crippen LogP contribution >= 0.6 is 0 Å². The van der Waals surface area contributed by atoms with E-state index in [-0.39, 0.29) is 0 Å². The van der Waals surface area contributed by atoms with E-state index < -0.39 is 0 Å². The number of para-hydroxylation sites is 1. The standard InChI is InChI=1S/C61H44N2/c1-41-38-48-39-46(30-36-54(48)57-23-11-10-21-53(41)57)44-28-34-51(35-29-44)62(50-32-26-43(27-33-50)42-14-4-2-5-15-42)52-20-12-17-47(40-52)56-24-13-25-58-61(56)60-55-22-9-8-16-45(55)31-37-59(60)63(58)49-18-6-3-7-19-49/h2-37,39-41H,38H2,1H3. The lowest BCUT2D eigenvalue weighted by atomic mass is 9.79. The largest absolute Gasteiger partial charge is 0.310 e. The van der Waals surface area contributed by atoms with Crippen LogP contribution in [0.2, 0.25) is 0 Å². The van der Waals surface area contributed by atoms with Crippen LogP contribution in [0.5, 0.6) is 0 Å². The highest BCUT2D eigenvalue weighted by Crippen LogP contribution is 2.45. The van der Waals surface area contributed by atoms with Crippen molar-refractivity contribution in [3.8, 4) is 50.2 Å². The molecule has 12 rings (SSSR count). The highest BCUT2D eigenvalue weighted by Gasteiger charge is 2.23. The summed E-state index contributed by atoms with van der Waals surface area (Å²) in [4.78, 5) is 2.40. The summed E-state index contributed by atoms with van der Waals surface area (Å²) in [6.45, 7) is 2.35. The van der Waals surface area contributed by atoms with Crippen LogP contribution in [0.15, 0.2) is 231 Å². The van der Waals surface area contributed by atoms with Gasteiger partial charge in [-0.3, -0.25) is 0 Å². The lowest BCUT2D eigenvalue weighted by Crippen LogP contribution is -2.10. The number of hydrogen-bond donors (Lipinski definition) is 0. The third-order valence-electron chi connectivity index (χ3n) is 13.2. The minimum absolute atomic E-state index is 0.498. The molecule has 10 aromatic carbocycles. The first-order valence-electron chi connectivity index (χ1n) is 22.1. The molecule has 2 nitrogen and oxygen atoms in total. The van der Waals surface area contributed by atoms with Crippen molar-refractivity contribution < 1.29 is 0 Å². The van der Waals surface area contributed by atoms with Crippen LogP contribution < -0.4 is 4.90 Å². The summed E-state index contributed by atoms with van der Waals surface area (Å²) in [7, 11) is 0. The number of nitrogens with zero attached hydrogens (tertiary/aromatic N) is 2. The molecule has 0 bridgehead atoms. The molecule has 0 N–H and O–H groups in total. The fourth-order valence-electron chi connectivity index (χ4n) is 10.2. The van der Waals surface area contributed by atoms with Gasteiger partial charge in [-0.1, -0.05) is 177 Å². The number of hydrogen-bond acceptors (Lipinski definition) is 1. The summed E-state index contributed by atoms with van der Waals surface area (Å²) >= 11 is 0. The van der Waals surface area contributed by atoms with Gasteiger partial charge < -0.3 is 9.47 Å². The molecule has 1 atom stereocenters. The predicted octanol–water partition coefficient (Wildman–Crippen LogP) is 16.7. The van der Waals surface area contributed by atoms with Crippen LogP contribution in [0.4, 0.5) is 17.1 Å². The van der Waals surface area contributed by atoms with Gasteiger partial charge in [-0.05, 0) is 139 Å². The Bertz CT molecular complexity index is 3470. The molecule has 1 aromatic heterocycles. The zero-order valence-electron chi connectivity index (χ0n) is 35.1. The van der Waals surface area contributed by atoms with Crippen LogP contribution in [-0.2, 0) is 6.42 Å². The average molecular weight is 805 g/mol. The van der Waals surface area contributed by atoms with Crippen molar-refractivity contribution in [3.63, 3.8) is 0 Å². The number of benzene rings is 10. The fraction of sp³-hybridized carbons (Fsp3) is 0.0492. The summed E-state index contributed by atoms with van der Waals surface area (Å²) in [5, 5.41) is 5.04. The van der Waals surface area contributed by atoms with Gasteiger partial charge in [0.2, 0.25) is 0 Å². The molecule has 1 aliphatic rings. The van der Waals surface area contributed by atoms with Crippen LogP contribution in [0.1, 0.15) is 24.0 Å². The second kappa shape index (κ2) is 15.2. The Kier molecular flexibility index (Phi) is 8.90. The molecule has 0 radical (unpaired) electrons. The third-order valence-corrected chi connectivity index (χ3v) is 13.2. The first kappa shape index (κ1) is 36.9. The quantitative estimate of drug-likeness (QED) is 0.156. The molecule has 0 saturated carbocycles. The van der Waals surface area contributed by atoms with Gasteiger partial charge in [0.05, 0.1) is 11.0 Å². The van der Waals surface area contributed by atoms with E-state index in [0.29, 0.717) is 5.92 Å². The van der Waals surface area contributed by atoms with Crippen LogP contribution in [-0.4, -0.2) is 4.57 Å². The first-order chi connectivity index (χ1) is 31.2. The Morgan fingerprint density at radius 1 is 0.397 bits per heavy atom. The lowest BCUT2D eigenvalue weighted by molar-refractivity contribution is 0.749. The molecule has 0 spiro atoms. The van der Waals surface area contributed by atoms with Crippen molar-refractivity contribution >= 4 is 49.6 Å². The molecular weight excluding hydrogens is 761 g/mol. The molecule has 0 fully saturated rings. The van der Waals surface area contributed by atoms with E-state index in [1.165, 1.54) is 88.2 Å². The van der Waals surface area contributed by atoms with Crippen LogP contribution in [0, 0.1) is 0 Å². The Labute approximate surface area is 368 Å². The maximum absolute atomic E-state index is 2.43. The Hall–Kier alpha value is -7.94. The van der Waals surface area contributed by atoms with Gasteiger partial charge in [-0.25, -0.2) is 0 Å². The zero-order chi connectivity index (χ0) is 41.9. The molecule has 1 aliphatic carbocycles. The average Bonchev–Trinajstić information content (AvgIpc) is 3.70. The molecule has 1 heterocycles. The molecule has 298 valence electrons. The molecule has 0 amide bonds. The van der Waals surface area contributed by atoms with Crippen molar-refractivity contribution in [1.82, 2.24) is 4.57 Å². The summed E-state index contributed by atoms with van der Waals surface area (Å²) < 4.78 is 2.43. The van der Waals surface area contributed by atoms with Crippen molar-refractivity contribution in [2.45, 2.75) is 19.3 Å². The number of rotatable bonds is 7. The molecule has 63 heavy (non-hydrogen) atoms. The maximum Gasteiger partial charge on any atom is 0.0547 e. The van der Waals surface area contributed by atoms with E-state index >= 15 is 0 Å². The van der Waals surface area contributed by atoms with Gasteiger partial charge in [0.25, 0.3) is 0 Å². The van der Waals surface area contributed by atoms with Gasteiger partial charge in [0, 0.05) is 33.5 Å². The smallest absolute Gasteiger partial charge is 0.0547 e. The van der Waals surface area contributed by atoms with Crippen molar-refractivity contribution in [2.24, 2.45) is 0 Å². The van der Waals surface area contributed by atoms with E-state index in [1.54, 1.807) is 0 Å². The number of aromatic nitrogens is 1. The van der Waals surface area contributed by atoms with E-state index in [9.17, 15) is 0 Å². The second-order valence-corrected chi connectivity index (χ2v) is 17.0. The molecule has 0 aliphatic heterocycles. The summed E-state index contributed by atoms with van der Waals surface area (Å²) in [6, 6.07) is 84.7. The van der Waals surface area contributed by atoms with Gasteiger partial charge >= 0.3 is 0 Å². The Morgan fingerprint density at radius 3 is 1.79 bits per heavy atom. The minimum Gasteiger partial charge on any atom is -0.310 e. The molecular formula is C61H44N2. The van der Waals surface area contributed by atoms with Crippen molar-refractivity contribution in [1.29, 1.82) is 0 Å².